The minimum absolute atomic E-state index is 0.545. The molecule has 0 spiro atoms. The molecule has 2 aromatic carbocycles. The summed E-state index contributed by atoms with van der Waals surface area (Å²) < 4.78 is 11.3. The van der Waals surface area contributed by atoms with Gasteiger partial charge in [-0.15, -0.1) is 0 Å². The molecule has 0 amide bonds. The van der Waals surface area contributed by atoms with Gasteiger partial charge in [0.05, 0.1) is 19.2 Å². The Labute approximate surface area is 131 Å². The number of hydrogen-bond donors (Lipinski definition) is 1. The van der Waals surface area contributed by atoms with E-state index < -0.39 is 6.10 Å². The van der Waals surface area contributed by atoms with Gasteiger partial charge in [0.2, 0.25) is 0 Å². The molecule has 0 aliphatic rings. The molecule has 0 radical (unpaired) electrons. The van der Waals surface area contributed by atoms with Gasteiger partial charge in [-0.3, -0.25) is 0 Å². The van der Waals surface area contributed by atoms with E-state index >= 15 is 0 Å². The number of hydrogen-bond acceptors (Lipinski definition) is 3. The minimum atomic E-state index is -0.842. The zero-order chi connectivity index (χ0) is 14.7. The van der Waals surface area contributed by atoms with Gasteiger partial charge < -0.3 is 14.6 Å². The molecule has 0 fully saturated rings. The number of benzene rings is 2. The summed E-state index contributed by atoms with van der Waals surface area (Å²) in [6.45, 7) is 0. The average molecular weight is 358 g/mol. The highest BCUT2D eigenvalue weighted by Gasteiger charge is 2.17. The van der Waals surface area contributed by atoms with Crippen molar-refractivity contribution < 1.29 is 14.6 Å². The number of aliphatic hydroxyl groups excluding tert-OH is 1. The van der Waals surface area contributed by atoms with E-state index in [4.69, 9.17) is 21.1 Å². The van der Waals surface area contributed by atoms with E-state index in [1.54, 1.807) is 50.6 Å². The molecule has 0 saturated carbocycles. The quantitative estimate of drug-likeness (QED) is 0.891. The van der Waals surface area contributed by atoms with Gasteiger partial charge in [0.1, 0.15) is 17.6 Å². The summed E-state index contributed by atoms with van der Waals surface area (Å²) in [7, 11) is 3.14. The molecule has 1 unspecified atom stereocenters. The summed E-state index contributed by atoms with van der Waals surface area (Å²) in [5, 5.41) is 11.1. The zero-order valence-electron chi connectivity index (χ0n) is 11.1. The lowest BCUT2D eigenvalue weighted by atomic mass is 10.0. The molecule has 1 atom stereocenters. The van der Waals surface area contributed by atoms with Crippen molar-refractivity contribution in [1.29, 1.82) is 0 Å². The fraction of sp³-hybridized carbons (Fsp3) is 0.200. The third kappa shape index (κ3) is 3.08. The number of rotatable bonds is 4. The summed E-state index contributed by atoms with van der Waals surface area (Å²) in [5.74, 6) is 1.25. The second kappa shape index (κ2) is 6.48. The Morgan fingerprint density at radius 3 is 2.45 bits per heavy atom. The molecule has 2 aromatic rings. The fourth-order valence-corrected chi connectivity index (χ4v) is 2.35. The maximum atomic E-state index is 10.5. The van der Waals surface area contributed by atoms with Gasteiger partial charge in [0, 0.05) is 10.0 Å². The lowest BCUT2D eigenvalue weighted by Crippen LogP contribution is -2.03. The van der Waals surface area contributed by atoms with Crippen LogP contribution in [0.4, 0.5) is 0 Å². The van der Waals surface area contributed by atoms with Crippen molar-refractivity contribution in [3.05, 3.63) is 57.0 Å². The van der Waals surface area contributed by atoms with E-state index in [2.05, 4.69) is 15.9 Å². The van der Waals surface area contributed by atoms with Crippen molar-refractivity contribution in [2.24, 2.45) is 0 Å². The van der Waals surface area contributed by atoms with Crippen LogP contribution in [0.25, 0.3) is 0 Å². The van der Waals surface area contributed by atoms with Gasteiger partial charge >= 0.3 is 0 Å². The van der Waals surface area contributed by atoms with Crippen molar-refractivity contribution in [3.8, 4) is 11.5 Å². The topological polar surface area (TPSA) is 38.7 Å². The predicted molar refractivity (Wildman–Crippen MR) is 82.8 cm³/mol. The number of halogens is 2. The summed E-state index contributed by atoms with van der Waals surface area (Å²) in [6.07, 6.45) is -0.842. The van der Waals surface area contributed by atoms with E-state index in [-0.39, 0.29) is 0 Å². The van der Waals surface area contributed by atoms with Gasteiger partial charge in [0.25, 0.3) is 0 Å². The van der Waals surface area contributed by atoms with E-state index in [0.29, 0.717) is 27.6 Å². The van der Waals surface area contributed by atoms with Gasteiger partial charge in [-0.1, -0.05) is 17.7 Å². The lowest BCUT2D eigenvalue weighted by Gasteiger charge is -2.16. The van der Waals surface area contributed by atoms with Crippen LogP contribution >= 0.6 is 27.5 Å². The molecule has 3 nitrogen and oxygen atoms in total. The van der Waals surface area contributed by atoms with Crippen LogP contribution in [-0.4, -0.2) is 19.3 Å². The molecule has 0 heterocycles. The lowest BCUT2D eigenvalue weighted by molar-refractivity contribution is 0.214. The number of methoxy groups -OCH3 is 2. The fourth-order valence-electron chi connectivity index (χ4n) is 1.92. The third-order valence-corrected chi connectivity index (χ3v) is 4.22. The number of aliphatic hydroxyl groups is 1. The van der Waals surface area contributed by atoms with Gasteiger partial charge in [-0.2, -0.15) is 0 Å². The summed E-state index contributed by atoms with van der Waals surface area (Å²) >= 11 is 9.39. The van der Waals surface area contributed by atoms with E-state index in [1.807, 2.05) is 0 Å². The SMILES string of the molecule is COc1ccc(OC)c(C(O)c2ccc(Br)c(Cl)c2)c1. The van der Waals surface area contributed by atoms with Crippen molar-refractivity contribution in [1.82, 2.24) is 0 Å². The molecule has 5 heteroatoms. The second-order valence-electron chi connectivity index (χ2n) is 4.18. The molecule has 20 heavy (non-hydrogen) atoms. The Kier molecular flexibility index (Phi) is 4.91. The van der Waals surface area contributed by atoms with Crippen LogP contribution in [0, 0.1) is 0 Å². The van der Waals surface area contributed by atoms with E-state index in [0.717, 1.165) is 4.47 Å². The molecule has 0 bridgehead atoms. The predicted octanol–water partition coefficient (Wildman–Crippen LogP) is 4.20. The highest BCUT2D eigenvalue weighted by Crippen LogP contribution is 2.35. The molecule has 0 saturated heterocycles. The van der Waals surface area contributed by atoms with Crippen LogP contribution < -0.4 is 9.47 Å². The maximum absolute atomic E-state index is 10.5. The third-order valence-electron chi connectivity index (χ3n) is 2.99. The second-order valence-corrected chi connectivity index (χ2v) is 5.45. The largest absolute Gasteiger partial charge is 0.497 e. The number of ether oxygens (including phenoxy) is 2. The Morgan fingerprint density at radius 2 is 1.85 bits per heavy atom. The van der Waals surface area contributed by atoms with E-state index in [9.17, 15) is 5.11 Å². The average Bonchev–Trinajstić information content (AvgIpc) is 2.48. The summed E-state index contributed by atoms with van der Waals surface area (Å²) in [5.41, 5.74) is 1.31. The van der Waals surface area contributed by atoms with Gasteiger partial charge in [0.15, 0.2) is 0 Å². The smallest absolute Gasteiger partial charge is 0.125 e. The molecular formula is C15H14BrClO3. The molecule has 1 N–H and O–H groups in total. The molecule has 0 aliphatic heterocycles. The Balaban J connectivity index is 2.45. The first-order valence-corrected chi connectivity index (χ1v) is 7.09. The normalized spacial score (nSPS) is 12.1. The van der Waals surface area contributed by atoms with Gasteiger partial charge in [-0.05, 0) is 51.8 Å². The van der Waals surface area contributed by atoms with Crippen molar-refractivity contribution in [3.63, 3.8) is 0 Å². The van der Waals surface area contributed by atoms with Gasteiger partial charge in [-0.25, -0.2) is 0 Å². The van der Waals surface area contributed by atoms with Crippen LogP contribution in [0.2, 0.25) is 5.02 Å². The molecule has 2 rings (SSSR count). The molecule has 0 aliphatic carbocycles. The highest BCUT2D eigenvalue weighted by molar-refractivity contribution is 9.10. The Morgan fingerprint density at radius 1 is 1.10 bits per heavy atom. The molecular weight excluding hydrogens is 344 g/mol. The van der Waals surface area contributed by atoms with E-state index in [1.165, 1.54) is 0 Å². The Hall–Kier alpha value is -1.23. The van der Waals surface area contributed by atoms with Crippen LogP contribution in [-0.2, 0) is 0 Å². The molecule has 0 aromatic heterocycles. The first kappa shape index (κ1) is 15.2. The molecule has 106 valence electrons. The summed E-state index contributed by atoms with van der Waals surface area (Å²) in [4.78, 5) is 0. The standard InChI is InChI=1S/C15H14BrClO3/c1-19-10-4-6-14(20-2)11(8-10)15(18)9-3-5-12(16)13(17)7-9/h3-8,15,18H,1-2H3. The van der Waals surface area contributed by atoms with Crippen LogP contribution in [0.3, 0.4) is 0 Å². The maximum Gasteiger partial charge on any atom is 0.125 e. The zero-order valence-corrected chi connectivity index (χ0v) is 13.4. The van der Waals surface area contributed by atoms with Crippen molar-refractivity contribution >= 4 is 27.5 Å². The van der Waals surface area contributed by atoms with Crippen molar-refractivity contribution in [2.45, 2.75) is 6.10 Å². The summed E-state index contributed by atoms with van der Waals surface area (Å²) in [6, 6.07) is 10.6. The first-order chi connectivity index (χ1) is 9.56. The van der Waals surface area contributed by atoms with Crippen LogP contribution in [0.15, 0.2) is 40.9 Å². The Bertz CT molecular complexity index is 616. The minimum Gasteiger partial charge on any atom is -0.497 e. The van der Waals surface area contributed by atoms with Crippen LogP contribution in [0.1, 0.15) is 17.2 Å². The first-order valence-electron chi connectivity index (χ1n) is 5.91. The monoisotopic (exact) mass is 356 g/mol. The van der Waals surface area contributed by atoms with Crippen molar-refractivity contribution in [2.75, 3.05) is 14.2 Å². The highest BCUT2D eigenvalue weighted by atomic mass is 79.9. The van der Waals surface area contributed by atoms with Crippen LogP contribution in [0.5, 0.6) is 11.5 Å².